The predicted octanol–water partition coefficient (Wildman–Crippen LogP) is 2.88. The Morgan fingerprint density at radius 1 is 1.42 bits per heavy atom. The molecule has 1 heteroatoms. The molecule has 0 spiro atoms. The summed E-state index contributed by atoms with van der Waals surface area (Å²) in [7, 11) is 0. The summed E-state index contributed by atoms with van der Waals surface area (Å²) >= 11 is 0. The number of ether oxygens (including phenoxy) is 1. The van der Waals surface area contributed by atoms with Crippen molar-refractivity contribution in [1.29, 1.82) is 0 Å². The highest BCUT2D eigenvalue weighted by molar-refractivity contribution is 5.40. The number of fused-ring (bicyclic) bond motifs is 1. The van der Waals surface area contributed by atoms with E-state index < -0.39 is 0 Å². The van der Waals surface area contributed by atoms with Crippen molar-refractivity contribution in [3.63, 3.8) is 0 Å². The molecule has 1 atom stereocenters. The van der Waals surface area contributed by atoms with Crippen LogP contribution in [-0.4, -0.2) is 6.61 Å². The first-order valence-electron chi connectivity index (χ1n) is 4.51. The minimum atomic E-state index is 0.661. The summed E-state index contributed by atoms with van der Waals surface area (Å²) in [5.41, 5.74) is 2.70. The monoisotopic (exact) mass is 162 g/mol. The molecule has 1 heterocycles. The molecule has 0 saturated heterocycles. The van der Waals surface area contributed by atoms with Crippen molar-refractivity contribution in [3.8, 4) is 5.75 Å². The van der Waals surface area contributed by atoms with Crippen molar-refractivity contribution < 1.29 is 4.74 Å². The van der Waals surface area contributed by atoms with Crippen molar-refractivity contribution in [2.45, 2.75) is 26.2 Å². The number of rotatable bonds is 0. The van der Waals surface area contributed by atoms with E-state index in [2.05, 4.69) is 32.0 Å². The summed E-state index contributed by atoms with van der Waals surface area (Å²) in [5.74, 6) is 1.74. The van der Waals surface area contributed by atoms with Gasteiger partial charge in [0.2, 0.25) is 0 Å². The second-order valence-electron chi connectivity index (χ2n) is 3.58. The molecule has 0 N–H and O–H groups in total. The molecule has 12 heavy (non-hydrogen) atoms. The number of benzene rings is 1. The van der Waals surface area contributed by atoms with Gasteiger partial charge >= 0.3 is 0 Å². The van der Waals surface area contributed by atoms with Crippen molar-refractivity contribution in [2.75, 3.05) is 6.61 Å². The minimum absolute atomic E-state index is 0.661. The lowest BCUT2D eigenvalue weighted by atomic mass is 9.94. The first kappa shape index (κ1) is 7.66. The third-order valence-electron chi connectivity index (χ3n) is 2.50. The molecule has 1 aliphatic rings. The van der Waals surface area contributed by atoms with Crippen LogP contribution < -0.4 is 4.74 Å². The van der Waals surface area contributed by atoms with Crippen LogP contribution in [-0.2, 0) is 0 Å². The van der Waals surface area contributed by atoms with Crippen LogP contribution in [0.15, 0.2) is 18.2 Å². The Morgan fingerprint density at radius 3 is 3.08 bits per heavy atom. The molecule has 64 valence electrons. The van der Waals surface area contributed by atoms with Gasteiger partial charge in [-0.15, -0.1) is 0 Å². The van der Waals surface area contributed by atoms with Crippen LogP contribution in [0, 0.1) is 6.92 Å². The molecule has 1 aromatic rings. The Morgan fingerprint density at radius 2 is 2.25 bits per heavy atom. The largest absolute Gasteiger partial charge is 0.493 e. The average molecular weight is 162 g/mol. The second kappa shape index (κ2) is 2.81. The summed E-state index contributed by atoms with van der Waals surface area (Å²) < 4.78 is 5.55. The van der Waals surface area contributed by atoms with E-state index in [1.54, 1.807) is 0 Å². The van der Waals surface area contributed by atoms with E-state index in [1.165, 1.54) is 11.1 Å². The van der Waals surface area contributed by atoms with Gasteiger partial charge in [-0.2, -0.15) is 0 Å². The van der Waals surface area contributed by atoms with Crippen molar-refractivity contribution in [3.05, 3.63) is 29.3 Å². The van der Waals surface area contributed by atoms with E-state index in [0.717, 1.165) is 18.8 Å². The molecule has 0 aromatic heterocycles. The maximum atomic E-state index is 5.55. The zero-order chi connectivity index (χ0) is 8.55. The molecule has 1 aliphatic heterocycles. The lowest BCUT2D eigenvalue weighted by molar-refractivity contribution is 0.272. The van der Waals surface area contributed by atoms with Gasteiger partial charge in [0, 0.05) is 0 Å². The van der Waals surface area contributed by atoms with Gasteiger partial charge < -0.3 is 4.74 Å². The molecule has 0 saturated carbocycles. The summed E-state index contributed by atoms with van der Waals surface area (Å²) in [6, 6.07) is 6.43. The molecule has 0 aliphatic carbocycles. The van der Waals surface area contributed by atoms with Crippen molar-refractivity contribution >= 4 is 0 Å². The molecule has 0 amide bonds. The fourth-order valence-electron chi connectivity index (χ4n) is 1.69. The van der Waals surface area contributed by atoms with Gasteiger partial charge in [0.15, 0.2) is 0 Å². The van der Waals surface area contributed by atoms with Gasteiger partial charge in [0.1, 0.15) is 5.75 Å². The predicted molar refractivity (Wildman–Crippen MR) is 49.7 cm³/mol. The molecule has 1 nitrogen and oxygen atoms in total. The summed E-state index contributed by atoms with van der Waals surface area (Å²) in [4.78, 5) is 0. The SMILES string of the molecule is Cc1ccc2c(c1)C(C)CCO2. The highest BCUT2D eigenvalue weighted by Gasteiger charge is 2.16. The van der Waals surface area contributed by atoms with E-state index in [1.807, 2.05) is 0 Å². The van der Waals surface area contributed by atoms with Crippen LogP contribution in [0.1, 0.15) is 30.4 Å². The maximum Gasteiger partial charge on any atom is 0.122 e. The average Bonchev–Trinajstić information content (AvgIpc) is 2.07. The van der Waals surface area contributed by atoms with Gasteiger partial charge in [0.05, 0.1) is 6.61 Å². The zero-order valence-corrected chi connectivity index (χ0v) is 7.63. The van der Waals surface area contributed by atoms with Crippen LogP contribution in [0.3, 0.4) is 0 Å². The quantitative estimate of drug-likeness (QED) is 0.570. The van der Waals surface area contributed by atoms with E-state index in [9.17, 15) is 0 Å². The Hall–Kier alpha value is -0.980. The summed E-state index contributed by atoms with van der Waals surface area (Å²) in [6.45, 7) is 5.26. The Labute approximate surface area is 73.4 Å². The van der Waals surface area contributed by atoms with Crippen molar-refractivity contribution in [1.82, 2.24) is 0 Å². The molecule has 1 unspecified atom stereocenters. The lowest BCUT2D eigenvalue weighted by Gasteiger charge is -2.23. The Bertz CT molecular complexity index is 291. The third-order valence-corrected chi connectivity index (χ3v) is 2.50. The standard InChI is InChI=1S/C11H14O/c1-8-3-4-11-10(7-8)9(2)5-6-12-11/h3-4,7,9H,5-6H2,1-2H3. The normalized spacial score (nSPS) is 21.3. The number of aryl methyl sites for hydroxylation is 1. The van der Waals surface area contributed by atoms with E-state index >= 15 is 0 Å². The fourth-order valence-corrected chi connectivity index (χ4v) is 1.69. The van der Waals surface area contributed by atoms with E-state index in [0.29, 0.717) is 5.92 Å². The lowest BCUT2D eigenvalue weighted by Crippen LogP contribution is -2.11. The second-order valence-corrected chi connectivity index (χ2v) is 3.58. The minimum Gasteiger partial charge on any atom is -0.493 e. The Kier molecular flexibility index (Phi) is 1.80. The number of hydrogen-bond acceptors (Lipinski definition) is 1. The molecule has 1 aromatic carbocycles. The van der Waals surface area contributed by atoms with Crippen LogP contribution in [0.4, 0.5) is 0 Å². The zero-order valence-electron chi connectivity index (χ0n) is 7.63. The van der Waals surface area contributed by atoms with Gasteiger partial charge in [0.25, 0.3) is 0 Å². The summed E-state index contributed by atoms with van der Waals surface area (Å²) in [6.07, 6.45) is 1.15. The van der Waals surface area contributed by atoms with Crippen LogP contribution in [0.2, 0.25) is 0 Å². The van der Waals surface area contributed by atoms with Crippen LogP contribution >= 0.6 is 0 Å². The Balaban J connectivity index is 2.47. The maximum absolute atomic E-state index is 5.55. The third kappa shape index (κ3) is 1.20. The topological polar surface area (TPSA) is 9.23 Å². The summed E-state index contributed by atoms with van der Waals surface area (Å²) in [5, 5.41) is 0. The van der Waals surface area contributed by atoms with Crippen LogP contribution in [0.25, 0.3) is 0 Å². The van der Waals surface area contributed by atoms with Crippen LogP contribution in [0.5, 0.6) is 5.75 Å². The highest BCUT2D eigenvalue weighted by atomic mass is 16.5. The smallest absolute Gasteiger partial charge is 0.122 e. The van der Waals surface area contributed by atoms with Gasteiger partial charge in [-0.1, -0.05) is 24.6 Å². The van der Waals surface area contributed by atoms with Crippen molar-refractivity contribution in [2.24, 2.45) is 0 Å². The molecular weight excluding hydrogens is 148 g/mol. The van der Waals surface area contributed by atoms with E-state index in [4.69, 9.17) is 4.74 Å². The van der Waals surface area contributed by atoms with Gasteiger partial charge in [-0.25, -0.2) is 0 Å². The molecule has 0 radical (unpaired) electrons. The molecule has 2 rings (SSSR count). The fraction of sp³-hybridized carbons (Fsp3) is 0.455. The molecular formula is C11H14O. The molecule has 0 bridgehead atoms. The molecule has 0 fully saturated rings. The van der Waals surface area contributed by atoms with Gasteiger partial charge in [-0.05, 0) is 30.9 Å². The van der Waals surface area contributed by atoms with E-state index in [-0.39, 0.29) is 0 Å². The highest BCUT2D eigenvalue weighted by Crippen LogP contribution is 2.33. The number of hydrogen-bond donors (Lipinski definition) is 0. The first-order chi connectivity index (χ1) is 5.77. The van der Waals surface area contributed by atoms with Gasteiger partial charge in [-0.3, -0.25) is 0 Å². The first-order valence-corrected chi connectivity index (χ1v) is 4.51.